The Kier molecular flexibility index (Phi) is 5.78. The van der Waals surface area contributed by atoms with Crippen molar-refractivity contribution in [3.63, 3.8) is 0 Å². The van der Waals surface area contributed by atoms with Crippen LogP contribution in [0.3, 0.4) is 0 Å². The van der Waals surface area contributed by atoms with Gasteiger partial charge >= 0.3 is 0 Å². The lowest BCUT2D eigenvalue weighted by Gasteiger charge is -2.23. The molecule has 0 fully saturated rings. The molecule has 1 aliphatic heterocycles. The van der Waals surface area contributed by atoms with Crippen molar-refractivity contribution in [1.29, 1.82) is 0 Å². The van der Waals surface area contributed by atoms with E-state index in [4.69, 9.17) is 0 Å². The number of fused-ring (bicyclic) bond motifs is 1. The Morgan fingerprint density at radius 1 is 1.21 bits per heavy atom. The molecule has 1 heterocycles. The molecule has 28 heavy (non-hydrogen) atoms. The number of halogens is 1. The van der Waals surface area contributed by atoms with E-state index >= 15 is 0 Å². The van der Waals surface area contributed by atoms with E-state index in [0.717, 1.165) is 22.0 Å². The van der Waals surface area contributed by atoms with Gasteiger partial charge in [-0.05, 0) is 54.7 Å². The summed E-state index contributed by atoms with van der Waals surface area (Å²) < 4.78 is 0.765. The Morgan fingerprint density at radius 3 is 2.57 bits per heavy atom. The van der Waals surface area contributed by atoms with Gasteiger partial charge in [-0.15, -0.1) is 0 Å². The summed E-state index contributed by atoms with van der Waals surface area (Å²) in [5, 5.41) is 11.4. The fourth-order valence-corrected chi connectivity index (χ4v) is 4.13. The van der Waals surface area contributed by atoms with Crippen LogP contribution >= 0.6 is 15.9 Å². The van der Waals surface area contributed by atoms with Gasteiger partial charge in [-0.3, -0.25) is 9.59 Å². The van der Waals surface area contributed by atoms with E-state index in [2.05, 4.69) is 29.8 Å². The van der Waals surface area contributed by atoms with E-state index in [1.165, 1.54) is 0 Å². The number of benzene rings is 2. The lowest BCUT2D eigenvalue weighted by molar-refractivity contribution is -0.135. The van der Waals surface area contributed by atoms with Gasteiger partial charge in [0.2, 0.25) is 0 Å². The van der Waals surface area contributed by atoms with Gasteiger partial charge in [0, 0.05) is 22.1 Å². The van der Waals surface area contributed by atoms with Crippen molar-refractivity contribution in [2.45, 2.75) is 52.1 Å². The maximum absolute atomic E-state index is 13.2. The number of carbonyl (C=O) groups is 2. The quantitative estimate of drug-likeness (QED) is 0.631. The number of ketones is 1. The van der Waals surface area contributed by atoms with Crippen LogP contribution in [0.25, 0.3) is 0 Å². The zero-order valence-corrected chi connectivity index (χ0v) is 18.3. The minimum absolute atomic E-state index is 0.222. The topological polar surface area (TPSA) is 57.6 Å². The maximum Gasteiger partial charge on any atom is 0.264 e. The van der Waals surface area contributed by atoms with Crippen molar-refractivity contribution in [3.8, 4) is 0 Å². The Hall–Kier alpha value is -1.98. The standard InChI is InChI=1S/C23H26BrNO3/c1-5-10-25-20-9-8-17(24)12-19(20)23(28,22(25)27)13-21(26)18-11-16(14(2)3)7-6-15(18)4/h6-9,11-12,14,28H,5,10,13H2,1-4H3/t23-/m0/s1. The first kappa shape index (κ1) is 20.7. The van der Waals surface area contributed by atoms with Crippen LogP contribution in [0.2, 0.25) is 0 Å². The summed E-state index contributed by atoms with van der Waals surface area (Å²) >= 11 is 3.42. The number of hydrogen-bond donors (Lipinski definition) is 1. The minimum atomic E-state index is -1.84. The summed E-state index contributed by atoms with van der Waals surface area (Å²) in [5.41, 5.74) is 1.81. The van der Waals surface area contributed by atoms with E-state index in [0.29, 0.717) is 29.3 Å². The third-order valence-electron chi connectivity index (χ3n) is 5.39. The second-order valence-corrected chi connectivity index (χ2v) is 8.72. The van der Waals surface area contributed by atoms with E-state index < -0.39 is 11.5 Å². The number of anilines is 1. The predicted octanol–water partition coefficient (Wildman–Crippen LogP) is 5.10. The van der Waals surface area contributed by atoms with Crippen molar-refractivity contribution in [2.75, 3.05) is 11.4 Å². The number of aliphatic hydroxyl groups is 1. The summed E-state index contributed by atoms with van der Waals surface area (Å²) in [6.45, 7) is 8.51. The molecule has 2 aromatic carbocycles. The van der Waals surface area contributed by atoms with E-state index in [1.54, 1.807) is 11.0 Å². The Morgan fingerprint density at radius 2 is 1.93 bits per heavy atom. The van der Waals surface area contributed by atoms with Crippen LogP contribution in [0.1, 0.15) is 66.6 Å². The molecule has 148 valence electrons. The smallest absolute Gasteiger partial charge is 0.264 e. The van der Waals surface area contributed by atoms with Crippen LogP contribution in [0.15, 0.2) is 40.9 Å². The minimum Gasteiger partial charge on any atom is -0.375 e. The average molecular weight is 444 g/mol. The fraction of sp³-hybridized carbons (Fsp3) is 0.391. The second kappa shape index (κ2) is 7.80. The van der Waals surface area contributed by atoms with Crippen LogP contribution in [-0.2, 0) is 10.4 Å². The molecular weight excluding hydrogens is 418 g/mol. The molecule has 4 nitrogen and oxygen atoms in total. The molecular formula is C23H26BrNO3. The molecule has 0 saturated heterocycles. The second-order valence-electron chi connectivity index (χ2n) is 7.81. The van der Waals surface area contributed by atoms with Crippen molar-refractivity contribution in [2.24, 2.45) is 0 Å². The molecule has 2 aromatic rings. The molecule has 0 radical (unpaired) electrons. The van der Waals surface area contributed by atoms with E-state index in [9.17, 15) is 14.7 Å². The number of Topliss-reactive ketones (excluding diaryl/α,β-unsaturated/α-hetero) is 1. The summed E-state index contributed by atoms with van der Waals surface area (Å²) in [4.78, 5) is 27.9. The molecule has 5 heteroatoms. The molecule has 0 spiro atoms. The highest BCUT2D eigenvalue weighted by atomic mass is 79.9. The van der Waals surface area contributed by atoms with Crippen molar-refractivity contribution in [3.05, 3.63) is 63.1 Å². The number of hydrogen-bond acceptors (Lipinski definition) is 3. The van der Waals surface area contributed by atoms with E-state index in [1.807, 2.05) is 44.2 Å². The molecule has 3 rings (SSSR count). The summed E-state index contributed by atoms with van der Waals surface area (Å²) in [7, 11) is 0. The van der Waals surface area contributed by atoms with Crippen molar-refractivity contribution < 1.29 is 14.7 Å². The van der Waals surface area contributed by atoms with Crippen LogP contribution < -0.4 is 4.90 Å². The molecule has 0 unspecified atom stereocenters. The first-order valence-electron chi connectivity index (χ1n) is 9.67. The van der Waals surface area contributed by atoms with Crippen molar-refractivity contribution in [1.82, 2.24) is 0 Å². The number of amides is 1. The number of aryl methyl sites for hydroxylation is 1. The predicted molar refractivity (Wildman–Crippen MR) is 115 cm³/mol. The van der Waals surface area contributed by atoms with Gasteiger partial charge in [0.1, 0.15) is 0 Å². The van der Waals surface area contributed by atoms with Gasteiger partial charge in [0.05, 0.1) is 12.1 Å². The molecule has 1 aliphatic rings. The molecule has 0 bridgehead atoms. The monoisotopic (exact) mass is 443 g/mol. The molecule has 1 amide bonds. The molecule has 0 saturated carbocycles. The number of carbonyl (C=O) groups excluding carboxylic acids is 2. The highest BCUT2D eigenvalue weighted by Gasteiger charge is 2.50. The van der Waals surface area contributed by atoms with Crippen LogP contribution in [0, 0.1) is 6.92 Å². The third kappa shape index (κ3) is 3.53. The van der Waals surface area contributed by atoms with Gasteiger partial charge in [-0.1, -0.05) is 48.8 Å². The van der Waals surface area contributed by atoms with E-state index in [-0.39, 0.29) is 12.2 Å². The molecule has 0 aromatic heterocycles. The Labute approximate surface area is 174 Å². The zero-order valence-electron chi connectivity index (χ0n) is 16.8. The molecule has 1 atom stereocenters. The first-order chi connectivity index (χ1) is 13.2. The SMILES string of the molecule is CCCN1C(=O)[C@](O)(CC(=O)c2cc(C(C)C)ccc2C)c2cc(Br)ccc21. The van der Waals surface area contributed by atoms with Crippen LogP contribution in [0.4, 0.5) is 5.69 Å². The highest BCUT2D eigenvalue weighted by Crippen LogP contribution is 2.44. The normalized spacial score (nSPS) is 18.7. The zero-order chi connectivity index (χ0) is 20.6. The largest absolute Gasteiger partial charge is 0.375 e. The number of rotatable bonds is 6. The highest BCUT2D eigenvalue weighted by molar-refractivity contribution is 9.10. The van der Waals surface area contributed by atoms with Gasteiger partial charge in [-0.2, -0.15) is 0 Å². The lowest BCUT2D eigenvalue weighted by Crippen LogP contribution is -2.42. The van der Waals surface area contributed by atoms with Gasteiger partial charge in [0.25, 0.3) is 5.91 Å². The Balaban J connectivity index is 2.02. The molecule has 1 N–H and O–H groups in total. The lowest BCUT2D eigenvalue weighted by atomic mass is 9.86. The van der Waals surface area contributed by atoms with Crippen LogP contribution in [0.5, 0.6) is 0 Å². The maximum atomic E-state index is 13.2. The average Bonchev–Trinajstić information content (AvgIpc) is 2.84. The van der Waals surface area contributed by atoms with Gasteiger partial charge in [0.15, 0.2) is 11.4 Å². The van der Waals surface area contributed by atoms with Crippen LogP contribution in [-0.4, -0.2) is 23.3 Å². The van der Waals surface area contributed by atoms with Gasteiger partial charge in [-0.25, -0.2) is 0 Å². The third-order valence-corrected chi connectivity index (χ3v) is 5.88. The summed E-state index contributed by atoms with van der Waals surface area (Å²) in [5.74, 6) is -0.353. The fourth-order valence-electron chi connectivity index (χ4n) is 3.77. The molecule has 0 aliphatic carbocycles. The van der Waals surface area contributed by atoms with Gasteiger partial charge < -0.3 is 10.0 Å². The Bertz CT molecular complexity index is 937. The van der Waals surface area contributed by atoms with Crippen molar-refractivity contribution >= 4 is 33.3 Å². The first-order valence-corrected chi connectivity index (χ1v) is 10.5. The summed E-state index contributed by atoms with van der Waals surface area (Å²) in [6.07, 6.45) is 0.499. The summed E-state index contributed by atoms with van der Waals surface area (Å²) in [6, 6.07) is 11.2. The number of nitrogens with zero attached hydrogens (tertiary/aromatic N) is 1.